The lowest BCUT2D eigenvalue weighted by atomic mass is 9.71. The van der Waals surface area contributed by atoms with E-state index in [1.165, 1.54) is 25.1 Å². The molecule has 2 rings (SSSR count). The fourth-order valence-corrected chi connectivity index (χ4v) is 2.82. The Morgan fingerprint density at radius 2 is 2.28 bits per heavy atom. The molecule has 1 fully saturated rings. The first-order valence-corrected chi connectivity index (χ1v) is 7.44. The molecule has 3 nitrogen and oxygen atoms in total. The van der Waals surface area contributed by atoms with Gasteiger partial charge in [-0.05, 0) is 50.3 Å². The smallest absolute Gasteiger partial charge is 0.0492 e. The summed E-state index contributed by atoms with van der Waals surface area (Å²) in [6.45, 7) is 10.1. The molecule has 0 bridgehead atoms. The van der Waals surface area contributed by atoms with Crippen molar-refractivity contribution in [3.63, 3.8) is 0 Å². The molecule has 3 heteroatoms. The molecule has 2 atom stereocenters. The van der Waals surface area contributed by atoms with Crippen molar-refractivity contribution in [2.24, 2.45) is 11.8 Å². The lowest BCUT2D eigenvalue weighted by Gasteiger charge is -2.37. The predicted molar refractivity (Wildman–Crippen MR) is 75.7 cm³/mol. The van der Waals surface area contributed by atoms with Crippen molar-refractivity contribution in [2.75, 3.05) is 13.1 Å². The second-order valence-electron chi connectivity index (χ2n) is 5.98. The van der Waals surface area contributed by atoms with E-state index in [9.17, 15) is 0 Å². The van der Waals surface area contributed by atoms with Gasteiger partial charge in [-0.1, -0.05) is 20.8 Å². The van der Waals surface area contributed by atoms with Gasteiger partial charge in [0.05, 0.1) is 0 Å². The van der Waals surface area contributed by atoms with Crippen molar-refractivity contribution in [3.05, 3.63) is 18.0 Å². The molecular weight excluding hydrogens is 222 g/mol. The van der Waals surface area contributed by atoms with E-state index in [1.807, 2.05) is 6.20 Å². The van der Waals surface area contributed by atoms with Crippen LogP contribution in [0.25, 0.3) is 0 Å². The molecule has 0 amide bonds. The van der Waals surface area contributed by atoms with Crippen LogP contribution in [0, 0.1) is 11.8 Å². The van der Waals surface area contributed by atoms with Gasteiger partial charge in [-0.15, -0.1) is 0 Å². The zero-order valence-corrected chi connectivity index (χ0v) is 12.0. The molecule has 102 valence electrons. The van der Waals surface area contributed by atoms with Crippen LogP contribution in [0.15, 0.2) is 12.3 Å². The normalized spacial score (nSPS) is 23.3. The Balaban J connectivity index is 1.87. The lowest BCUT2D eigenvalue weighted by Crippen LogP contribution is -2.36. The van der Waals surface area contributed by atoms with Crippen LogP contribution < -0.4 is 5.32 Å². The van der Waals surface area contributed by atoms with E-state index in [1.54, 1.807) is 0 Å². The number of aryl methyl sites for hydroxylation is 1. The van der Waals surface area contributed by atoms with E-state index in [0.29, 0.717) is 0 Å². The molecule has 1 aliphatic rings. The van der Waals surface area contributed by atoms with Crippen molar-refractivity contribution in [3.8, 4) is 0 Å². The number of aromatic nitrogens is 2. The third-order valence-corrected chi connectivity index (χ3v) is 3.94. The van der Waals surface area contributed by atoms with Gasteiger partial charge in [0, 0.05) is 24.4 Å². The predicted octanol–water partition coefficient (Wildman–Crippen LogP) is 3.03. The van der Waals surface area contributed by atoms with Crippen LogP contribution in [0.4, 0.5) is 0 Å². The summed E-state index contributed by atoms with van der Waals surface area (Å²) in [5.41, 5.74) is 1.46. The summed E-state index contributed by atoms with van der Waals surface area (Å²) in [6, 6.07) is 2.22. The number of nitrogens with one attached hydrogen (secondary N) is 1. The maximum absolute atomic E-state index is 4.45. The summed E-state index contributed by atoms with van der Waals surface area (Å²) >= 11 is 0. The van der Waals surface area contributed by atoms with Gasteiger partial charge in [0.1, 0.15) is 0 Å². The minimum absolute atomic E-state index is 0.735. The van der Waals surface area contributed by atoms with Crippen LogP contribution in [-0.2, 0) is 6.54 Å². The molecule has 0 aromatic carbocycles. The maximum atomic E-state index is 4.45. The summed E-state index contributed by atoms with van der Waals surface area (Å²) in [6.07, 6.45) is 5.83. The van der Waals surface area contributed by atoms with E-state index in [-0.39, 0.29) is 0 Å². The molecule has 1 aliphatic carbocycles. The molecule has 1 N–H and O–H groups in total. The van der Waals surface area contributed by atoms with Crippen LogP contribution in [0.5, 0.6) is 0 Å². The Morgan fingerprint density at radius 3 is 2.89 bits per heavy atom. The molecule has 2 unspecified atom stereocenters. The average molecular weight is 249 g/mol. The Kier molecular flexibility index (Phi) is 4.81. The summed E-state index contributed by atoms with van der Waals surface area (Å²) < 4.78 is 2.21. The van der Waals surface area contributed by atoms with E-state index < -0.39 is 0 Å². The van der Waals surface area contributed by atoms with Gasteiger partial charge in [-0.3, -0.25) is 4.68 Å². The standard InChI is InChI=1S/C15H27N3/c1-4-9-18-15(7-8-17-18)14-6-5-13(14)11-16-10-12(2)3/h7-8,12-14,16H,4-6,9-11H2,1-3H3. The molecule has 18 heavy (non-hydrogen) atoms. The van der Waals surface area contributed by atoms with Gasteiger partial charge >= 0.3 is 0 Å². The van der Waals surface area contributed by atoms with Crippen LogP contribution in [0.3, 0.4) is 0 Å². The molecule has 1 aromatic rings. The third kappa shape index (κ3) is 3.14. The van der Waals surface area contributed by atoms with Gasteiger partial charge in [0.2, 0.25) is 0 Å². The van der Waals surface area contributed by atoms with Gasteiger partial charge in [-0.2, -0.15) is 5.10 Å². The number of rotatable bonds is 7. The molecular formula is C15H27N3. The van der Waals surface area contributed by atoms with Crippen molar-refractivity contribution in [1.29, 1.82) is 0 Å². The second kappa shape index (κ2) is 6.37. The summed E-state index contributed by atoms with van der Waals surface area (Å²) in [5, 5.41) is 8.05. The highest BCUT2D eigenvalue weighted by molar-refractivity contribution is 5.13. The van der Waals surface area contributed by atoms with Crippen molar-refractivity contribution in [1.82, 2.24) is 15.1 Å². The van der Waals surface area contributed by atoms with Crippen LogP contribution in [-0.4, -0.2) is 22.9 Å². The first kappa shape index (κ1) is 13.6. The molecule has 0 radical (unpaired) electrons. The third-order valence-electron chi connectivity index (χ3n) is 3.94. The molecule has 1 aromatic heterocycles. The average Bonchev–Trinajstić information content (AvgIpc) is 2.71. The molecule has 0 saturated heterocycles. The summed E-state index contributed by atoms with van der Waals surface area (Å²) in [5.74, 6) is 2.30. The first-order valence-electron chi connectivity index (χ1n) is 7.44. The van der Waals surface area contributed by atoms with Gasteiger partial charge in [0.15, 0.2) is 0 Å². The highest BCUT2D eigenvalue weighted by Gasteiger charge is 2.33. The van der Waals surface area contributed by atoms with Gasteiger partial charge in [0.25, 0.3) is 0 Å². The van der Waals surface area contributed by atoms with Crippen molar-refractivity contribution in [2.45, 2.75) is 52.5 Å². The van der Waals surface area contributed by atoms with Crippen molar-refractivity contribution < 1.29 is 0 Å². The molecule has 0 aliphatic heterocycles. The largest absolute Gasteiger partial charge is 0.316 e. The Bertz CT molecular complexity index is 356. The van der Waals surface area contributed by atoms with Gasteiger partial charge in [-0.25, -0.2) is 0 Å². The van der Waals surface area contributed by atoms with Crippen LogP contribution in [0.1, 0.15) is 51.6 Å². The monoisotopic (exact) mass is 249 g/mol. The highest BCUT2D eigenvalue weighted by atomic mass is 15.3. The minimum atomic E-state index is 0.735. The maximum Gasteiger partial charge on any atom is 0.0492 e. The summed E-state index contributed by atoms with van der Waals surface area (Å²) in [4.78, 5) is 0. The van der Waals surface area contributed by atoms with E-state index >= 15 is 0 Å². The minimum Gasteiger partial charge on any atom is -0.316 e. The Morgan fingerprint density at radius 1 is 1.44 bits per heavy atom. The fourth-order valence-electron chi connectivity index (χ4n) is 2.82. The van der Waals surface area contributed by atoms with E-state index in [0.717, 1.165) is 37.3 Å². The van der Waals surface area contributed by atoms with Crippen LogP contribution >= 0.6 is 0 Å². The number of hydrogen-bond acceptors (Lipinski definition) is 2. The highest BCUT2D eigenvalue weighted by Crippen LogP contribution is 2.41. The number of hydrogen-bond donors (Lipinski definition) is 1. The molecule has 0 spiro atoms. The zero-order chi connectivity index (χ0) is 13.0. The first-order chi connectivity index (χ1) is 8.72. The van der Waals surface area contributed by atoms with E-state index in [2.05, 4.69) is 41.9 Å². The molecule has 1 heterocycles. The Labute approximate surface area is 111 Å². The SMILES string of the molecule is CCCn1nccc1C1CCC1CNCC(C)C. The lowest BCUT2D eigenvalue weighted by molar-refractivity contribution is 0.231. The van der Waals surface area contributed by atoms with E-state index in [4.69, 9.17) is 0 Å². The quantitative estimate of drug-likeness (QED) is 0.805. The molecule has 1 saturated carbocycles. The summed E-state index contributed by atoms with van der Waals surface area (Å²) in [7, 11) is 0. The Hall–Kier alpha value is -0.830. The zero-order valence-electron chi connectivity index (χ0n) is 12.0. The van der Waals surface area contributed by atoms with Gasteiger partial charge < -0.3 is 5.32 Å². The van der Waals surface area contributed by atoms with Crippen molar-refractivity contribution >= 4 is 0 Å². The topological polar surface area (TPSA) is 29.9 Å². The fraction of sp³-hybridized carbons (Fsp3) is 0.800. The number of nitrogens with zero attached hydrogens (tertiary/aromatic N) is 2. The second-order valence-corrected chi connectivity index (χ2v) is 5.98. The van der Waals surface area contributed by atoms with Crippen LogP contribution in [0.2, 0.25) is 0 Å².